The van der Waals surface area contributed by atoms with Gasteiger partial charge >= 0.3 is 0 Å². The molecule has 0 unspecified atom stereocenters. The van der Waals surface area contributed by atoms with Crippen molar-refractivity contribution in [2.45, 2.75) is 25.9 Å². The fraction of sp³-hybridized carbons (Fsp3) is 0.333. The first-order valence-corrected chi connectivity index (χ1v) is 9.49. The molecule has 0 aliphatic carbocycles. The van der Waals surface area contributed by atoms with E-state index < -0.39 is 0 Å². The quantitative estimate of drug-likeness (QED) is 0.635. The number of fused-ring (bicyclic) bond motifs is 1. The highest BCUT2D eigenvalue weighted by Crippen LogP contribution is 2.23. The van der Waals surface area contributed by atoms with Crippen molar-refractivity contribution in [3.63, 3.8) is 0 Å². The van der Waals surface area contributed by atoms with E-state index in [4.69, 9.17) is 0 Å². The topological polar surface area (TPSA) is 111 Å². The van der Waals surface area contributed by atoms with E-state index in [1.54, 1.807) is 6.92 Å². The number of nitrogens with one attached hydrogen (secondary N) is 2. The first-order valence-electron chi connectivity index (χ1n) is 8.72. The molecule has 1 aliphatic rings. The van der Waals surface area contributed by atoms with Gasteiger partial charge in [-0.3, -0.25) is 9.59 Å². The Bertz CT molecular complexity index is 1040. The maximum absolute atomic E-state index is 12.6. The molecule has 1 fully saturated rings. The number of aliphatic hydroxyl groups is 1. The van der Waals surface area contributed by atoms with Crippen LogP contribution in [0, 0.1) is 6.92 Å². The summed E-state index contributed by atoms with van der Waals surface area (Å²) in [6.07, 6.45) is 1.32. The number of aliphatic hydroxyl groups excluding tert-OH is 1. The van der Waals surface area contributed by atoms with E-state index in [2.05, 4.69) is 24.6 Å². The van der Waals surface area contributed by atoms with Crippen LogP contribution in [0.15, 0.2) is 29.1 Å². The molecule has 1 aliphatic heterocycles. The number of anilines is 2. The lowest BCUT2D eigenvalue weighted by atomic mass is 10.1. The van der Waals surface area contributed by atoms with Crippen molar-refractivity contribution in [3.8, 4) is 0 Å². The second-order valence-corrected chi connectivity index (χ2v) is 7.35. The summed E-state index contributed by atoms with van der Waals surface area (Å²) in [5, 5.41) is 12.4. The molecule has 2 aromatic heterocycles. The Balaban J connectivity index is 1.51. The molecule has 8 nitrogen and oxygen atoms in total. The number of aromatic amines is 1. The van der Waals surface area contributed by atoms with Gasteiger partial charge in [-0.25, -0.2) is 4.98 Å². The van der Waals surface area contributed by atoms with Gasteiger partial charge in [0.15, 0.2) is 5.52 Å². The van der Waals surface area contributed by atoms with Crippen LogP contribution in [0.1, 0.15) is 28.3 Å². The van der Waals surface area contributed by atoms with Crippen LogP contribution in [0.3, 0.4) is 0 Å². The molecule has 3 heterocycles. The van der Waals surface area contributed by atoms with Crippen LogP contribution in [0.25, 0.3) is 11.0 Å². The first-order chi connectivity index (χ1) is 13.0. The normalized spacial score (nSPS) is 15.3. The molecule has 1 aromatic carbocycles. The fourth-order valence-corrected chi connectivity index (χ4v) is 3.89. The van der Waals surface area contributed by atoms with Crippen LogP contribution < -0.4 is 15.8 Å². The minimum Gasteiger partial charge on any atom is -0.393 e. The Hall–Kier alpha value is -2.78. The van der Waals surface area contributed by atoms with E-state index in [1.165, 1.54) is 0 Å². The summed E-state index contributed by atoms with van der Waals surface area (Å²) in [6, 6.07) is 7.58. The van der Waals surface area contributed by atoms with E-state index >= 15 is 0 Å². The van der Waals surface area contributed by atoms with Crippen LogP contribution in [0.4, 0.5) is 11.4 Å². The molecular weight excluding hydrogens is 366 g/mol. The Morgan fingerprint density at radius 3 is 2.67 bits per heavy atom. The lowest BCUT2D eigenvalue weighted by Gasteiger charge is -2.31. The fourth-order valence-electron chi connectivity index (χ4n) is 3.17. The zero-order valence-corrected chi connectivity index (χ0v) is 15.5. The predicted molar refractivity (Wildman–Crippen MR) is 105 cm³/mol. The van der Waals surface area contributed by atoms with Crippen LogP contribution in [0.5, 0.6) is 0 Å². The SMILES string of the molecule is Cc1nc2c(C(=O)Nc3ccc(N4CCC(O)CC4)cc3)snc2c(=O)[nH]1. The molecule has 0 radical (unpaired) electrons. The highest BCUT2D eigenvalue weighted by Gasteiger charge is 2.19. The smallest absolute Gasteiger partial charge is 0.278 e. The number of carbonyl (C=O) groups excluding carboxylic acids is 1. The zero-order valence-electron chi connectivity index (χ0n) is 14.7. The van der Waals surface area contributed by atoms with Crippen molar-refractivity contribution < 1.29 is 9.90 Å². The monoisotopic (exact) mass is 385 g/mol. The molecule has 4 rings (SSSR count). The van der Waals surface area contributed by atoms with Crippen molar-refractivity contribution in [3.05, 3.63) is 45.3 Å². The van der Waals surface area contributed by atoms with Gasteiger partial charge in [-0.15, -0.1) is 0 Å². The van der Waals surface area contributed by atoms with Gasteiger partial charge in [0, 0.05) is 24.5 Å². The van der Waals surface area contributed by atoms with Gasteiger partial charge in [0.05, 0.1) is 6.10 Å². The number of piperidine rings is 1. The number of carbonyl (C=O) groups is 1. The van der Waals surface area contributed by atoms with E-state index in [-0.39, 0.29) is 23.1 Å². The van der Waals surface area contributed by atoms with Crippen LogP contribution in [-0.2, 0) is 0 Å². The van der Waals surface area contributed by atoms with E-state index in [9.17, 15) is 14.7 Å². The summed E-state index contributed by atoms with van der Waals surface area (Å²) in [5.74, 6) is 0.103. The van der Waals surface area contributed by atoms with E-state index in [1.807, 2.05) is 24.3 Å². The maximum atomic E-state index is 12.6. The highest BCUT2D eigenvalue weighted by atomic mass is 32.1. The van der Waals surface area contributed by atoms with Gasteiger partial charge in [-0.2, -0.15) is 4.37 Å². The third kappa shape index (κ3) is 3.56. The Labute approximate surface area is 159 Å². The number of H-pyrrole nitrogens is 1. The Kier molecular flexibility index (Phi) is 4.63. The molecule has 3 N–H and O–H groups in total. The standard InChI is InChI=1S/C18H19N5O3S/c1-10-19-14-15(17(25)20-10)22-27-16(14)18(26)21-11-2-4-12(5-3-11)23-8-6-13(24)7-9-23/h2-5,13,24H,6-9H2,1H3,(H,21,26)(H,19,20,25). The molecule has 0 saturated carbocycles. The number of aromatic nitrogens is 3. The minimum atomic E-state index is -0.344. The Morgan fingerprint density at radius 2 is 1.96 bits per heavy atom. The van der Waals surface area contributed by atoms with Crippen molar-refractivity contribution in [1.29, 1.82) is 0 Å². The predicted octanol–water partition coefficient (Wildman–Crippen LogP) is 1.90. The molecule has 0 spiro atoms. The average molecular weight is 385 g/mol. The summed E-state index contributed by atoms with van der Waals surface area (Å²) in [6.45, 7) is 3.30. The summed E-state index contributed by atoms with van der Waals surface area (Å²) in [5.41, 5.74) is 1.88. The van der Waals surface area contributed by atoms with Crippen molar-refractivity contribution in [2.24, 2.45) is 0 Å². The number of benzene rings is 1. The van der Waals surface area contributed by atoms with Gasteiger partial charge in [0.2, 0.25) is 0 Å². The van der Waals surface area contributed by atoms with Gasteiger partial charge in [-0.05, 0) is 55.6 Å². The third-order valence-electron chi connectivity index (χ3n) is 4.62. The third-order valence-corrected chi connectivity index (χ3v) is 5.45. The number of aryl methyl sites for hydroxylation is 1. The molecule has 9 heteroatoms. The first kappa shape index (κ1) is 17.6. The van der Waals surface area contributed by atoms with Crippen molar-refractivity contribution in [1.82, 2.24) is 14.3 Å². The van der Waals surface area contributed by atoms with Crippen LogP contribution >= 0.6 is 11.5 Å². The van der Waals surface area contributed by atoms with Gasteiger partial charge < -0.3 is 20.3 Å². The van der Waals surface area contributed by atoms with E-state index in [0.717, 1.165) is 43.2 Å². The second kappa shape index (κ2) is 7.09. The molecule has 27 heavy (non-hydrogen) atoms. The summed E-state index contributed by atoms with van der Waals surface area (Å²) >= 11 is 0.963. The van der Waals surface area contributed by atoms with Crippen LogP contribution in [0.2, 0.25) is 0 Å². The number of nitrogens with zero attached hydrogens (tertiary/aromatic N) is 3. The summed E-state index contributed by atoms with van der Waals surface area (Å²) < 4.78 is 4.05. The van der Waals surface area contributed by atoms with Crippen molar-refractivity contribution in [2.75, 3.05) is 23.3 Å². The lowest BCUT2D eigenvalue weighted by Crippen LogP contribution is -2.35. The molecule has 1 amide bonds. The average Bonchev–Trinajstić information content (AvgIpc) is 3.07. The number of hydrogen-bond donors (Lipinski definition) is 3. The largest absolute Gasteiger partial charge is 0.393 e. The lowest BCUT2D eigenvalue weighted by molar-refractivity contribution is 0.103. The van der Waals surface area contributed by atoms with Crippen molar-refractivity contribution >= 4 is 39.8 Å². The minimum absolute atomic E-state index is 0.179. The number of hydrogen-bond acceptors (Lipinski definition) is 7. The maximum Gasteiger partial charge on any atom is 0.278 e. The van der Waals surface area contributed by atoms with Gasteiger partial charge in [-0.1, -0.05) is 0 Å². The number of amides is 1. The van der Waals surface area contributed by atoms with Crippen LogP contribution in [-0.4, -0.2) is 44.5 Å². The van der Waals surface area contributed by atoms with Gasteiger partial charge in [0.1, 0.15) is 16.2 Å². The highest BCUT2D eigenvalue weighted by molar-refractivity contribution is 7.09. The molecule has 0 atom stereocenters. The molecule has 0 bridgehead atoms. The van der Waals surface area contributed by atoms with E-state index in [0.29, 0.717) is 21.9 Å². The van der Waals surface area contributed by atoms with Gasteiger partial charge in [0.25, 0.3) is 11.5 Å². The molecular formula is C18H19N5O3S. The molecule has 1 saturated heterocycles. The zero-order chi connectivity index (χ0) is 19.0. The molecule has 3 aromatic rings. The summed E-state index contributed by atoms with van der Waals surface area (Å²) in [4.78, 5) is 33.9. The second-order valence-electron chi connectivity index (χ2n) is 6.58. The molecule has 140 valence electrons. The number of rotatable bonds is 3. The summed E-state index contributed by atoms with van der Waals surface area (Å²) in [7, 11) is 0. The Morgan fingerprint density at radius 1 is 1.26 bits per heavy atom.